The maximum absolute atomic E-state index is 12.1. The maximum atomic E-state index is 12.1. The highest BCUT2D eigenvalue weighted by Gasteiger charge is 2.33. The van der Waals surface area contributed by atoms with Crippen molar-refractivity contribution in [2.75, 3.05) is 6.61 Å². The minimum Gasteiger partial charge on any atom is -0.465 e. The van der Waals surface area contributed by atoms with Gasteiger partial charge in [-0.2, -0.15) is 0 Å². The zero-order chi connectivity index (χ0) is 15.0. The van der Waals surface area contributed by atoms with Crippen LogP contribution in [0.4, 0.5) is 0 Å². The molecule has 1 atom stereocenters. The van der Waals surface area contributed by atoms with Crippen LogP contribution in [-0.4, -0.2) is 24.6 Å². The molecule has 20 heavy (non-hydrogen) atoms. The molecule has 0 bridgehead atoms. The van der Waals surface area contributed by atoms with Crippen LogP contribution in [0.2, 0.25) is 0 Å². The summed E-state index contributed by atoms with van der Waals surface area (Å²) in [5, 5.41) is 0. The van der Waals surface area contributed by atoms with Gasteiger partial charge in [0.15, 0.2) is 5.92 Å². The van der Waals surface area contributed by atoms with Crippen LogP contribution in [0, 0.1) is 11.8 Å². The second kappa shape index (κ2) is 8.98. The molecule has 0 N–H and O–H groups in total. The number of ether oxygens (including phenoxy) is 2. The Kier molecular flexibility index (Phi) is 7.63. The fourth-order valence-electron chi connectivity index (χ4n) is 2.60. The molecule has 1 aliphatic rings. The monoisotopic (exact) mass is 284 g/mol. The fourth-order valence-corrected chi connectivity index (χ4v) is 2.60. The smallest absolute Gasteiger partial charge is 0.320 e. The maximum Gasteiger partial charge on any atom is 0.320 e. The second-order valence-corrected chi connectivity index (χ2v) is 5.95. The molecule has 1 rings (SSSR count). The SMILES string of the molecule is CCCCOC(=O)C(CC1CCCC1)C(=O)OC(C)C. The summed E-state index contributed by atoms with van der Waals surface area (Å²) < 4.78 is 10.4. The Hall–Kier alpha value is -1.06. The first-order valence-electron chi connectivity index (χ1n) is 7.91. The molecule has 1 fully saturated rings. The Labute approximate surface area is 122 Å². The summed E-state index contributed by atoms with van der Waals surface area (Å²) in [6.45, 7) is 6.03. The molecule has 0 aliphatic heterocycles. The van der Waals surface area contributed by atoms with E-state index in [-0.39, 0.29) is 6.10 Å². The Bertz CT molecular complexity index is 306. The van der Waals surface area contributed by atoms with E-state index in [4.69, 9.17) is 9.47 Å². The summed E-state index contributed by atoms with van der Waals surface area (Å²) in [7, 11) is 0. The summed E-state index contributed by atoms with van der Waals surface area (Å²) in [5.74, 6) is -1.11. The predicted molar refractivity (Wildman–Crippen MR) is 77.2 cm³/mol. The second-order valence-electron chi connectivity index (χ2n) is 5.95. The lowest BCUT2D eigenvalue weighted by Crippen LogP contribution is -2.31. The number of hydrogen-bond donors (Lipinski definition) is 0. The van der Waals surface area contributed by atoms with E-state index in [2.05, 4.69) is 0 Å². The van der Waals surface area contributed by atoms with Crippen molar-refractivity contribution in [2.45, 2.75) is 71.8 Å². The molecule has 4 nitrogen and oxygen atoms in total. The number of esters is 2. The molecule has 0 spiro atoms. The van der Waals surface area contributed by atoms with Crippen LogP contribution in [0.5, 0.6) is 0 Å². The third-order valence-electron chi connectivity index (χ3n) is 3.71. The van der Waals surface area contributed by atoms with Crippen molar-refractivity contribution in [1.82, 2.24) is 0 Å². The summed E-state index contributed by atoms with van der Waals surface area (Å²) in [6.07, 6.45) is 6.79. The zero-order valence-corrected chi connectivity index (χ0v) is 13.0. The Morgan fingerprint density at radius 2 is 1.80 bits per heavy atom. The van der Waals surface area contributed by atoms with Crippen LogP contribution < -0.4 is 0 Å². The van der Waals surface area contributed by atoms with E-state index >= 15 is 0 Å². The zero-order valence-electron chi connectivity index (χ0n) is 13.0. The van der Waals surface area contributed by atoms with Gasteiger partial charge in [-0.05, 0) is 32.6 Å². The molecule has 0 heterocycles. The average molecular weight is 284 g/mol. The van der Waals surface area contributed by atoms with Gasteiger partial charge in [0.1, 0.15) is 0 Å². The van der Waals surface area contributed by atoms with Gasteiger partial charge in [0.25, 0.3) is 0 Å². The van der Waals surface area contributed by atoms with Crippen molar-refractivity contribution < 1.29 is 19.1 Å². The van der Waals surface area contributed by atoms with Gasteiger partial charge >= 0.3 is 11.9 Å². The van der Waals surface area contributed by atoms with Crippen LogP contribution in [0.3, 0.4) is 0 Å². The van der Waals surface area contributed by atoms with Gasteiger partial charge in [0.2, 0.25) is 0 Å². The highest BCUT2D eigenvalue weighted by Crippen LogP contribution is 2.31. The van der Waals surface area contributed by atoms with Crippen LogP contribution in [-0.2, 0) is 19.1 Å². The normalized spacial score (nSPS) is 17.2. The summed E-state index contributed by atoms with van der Waals surface area (Å²) in [6, 6.07) is 0. The molecule has 116 valence electrons. The summed E-state index contributed by atoms with van der Waals surface area (Å²) in [4.78, 5) is 24.2. The fraction of sp³-hybridized carbons (Fsp3) is 0.875. The van der Waals surface area contributed by atoms with Gasteiger partial charge in [-0.15, -0.1) is 0 Å². The van der Waals surface area contributed by atoms with Gasteiger partial charge < -0.3 is 9.47 Å². The Balaban J connectivity index is 2.56. The molecule has 0 aromatic heterocycles. The third-order valence-corrected chi connectivity index (χ3v) is 3.71. The summed E-state index contributed by atoms with van der Waals surface area (Å²) in [5.41, 5.74) is 0. The number of carbonyl (C=O) groups excluding carboxylic acids is 2. The summed E-state index contributed by atoms with van der Waals surface area (Å²) >= 11 is 0. The number of rotatable bonds is 8. The topological polar surface area (TPSA) is 52.6 Å². The predicted octanol–water partition coefficient (Wildman–Crippen LogP) is 3.48. The molecule has 1 aliphatic carbocycles. The number of carbonyl (C=O) groups is 2. The molecular weight excluding hydrogens is 256 g/mol. The first kappa shape index (κ1) is 17.0. The first-order chi connectivity index (χ1) is 9.54. The van der Waals surface area contributed by atoms with Gasteiger partial charge in [0.05, 0.1) is 12.7 Å². The van der Waals surface area contributed by atoms with Crippen LogP contribution >= 0.6 is 0 Å². The number of unbranched alkanes of at least 4 members (excludes halogenated alkanes) is 1. The highest BCUT2D eigenvalue weighted by molar-refractivity contribution is 5.95. The van der Waals surface area contributed by atoms with Crippen molar-refractivity contribution in [3.63, 3.8) is 0 Å². The van der Waals surface area contributed by atoms with E-state index in [0.29, 0.717) is 18.9 Å². The van der Waals surface area contributed by atoms with Crippen LogP contribution in [0.1, 0.15) is 65.7 Å². The third kappa shape index (κ3) is 5.93. The minimum atomic E-state index is -0.739. The van der Waals surface area contributed by atoms with Gasteiger partial charge in [-0.25, -0.2) is 0 Å². The number of hydrogen-bond acceptors (Lipinski definition) is 4. The van der Waals surface area contributed by atoms with Gasteiger partial charge in [-0.1, -0.05) is 39.0 Å². The molecule has 0 saturated heterocycles. The molecule has 4 heteroatoms. The van der Waals surface area contributed by atoms with E-state index in [1.165, 1.54) is 12.8 Å². The van der Waals surface area contributed by atoms with Crippen LogP contribution in [0.25, 0.3) is 0 Å². The van der Waals surface area contributed by atoms with Crippen molar-refractivity contribution in [3.8, 4) is 0 Å². The Morgan fingerprint density at radius 3 is 2.35 bits per heavy atom. The van der Waals surface area contributed by atoms with Crippen molar-refractivity contribution >= 4 is 11.9 Å². The molecule has 0 aromatic rings. The lowest BCUT2D eigenvalue weighted by molar-refractivity contribution is -0.165. The van der Waals surface area contributed by atoms with E-state index in [1.807, 2.05) is 6.92 Å². The largest absolute Gasteiger partial charge is 0.465 e. The van der Waals surface area contributed by atoms with Crippen molar-refractivity contribution in [1.29, 1.82) is 0 Å². The molecular formula is C16H28O4. The lowest BCUT2D eigenvalue weighted by atomic mass is 9.93. The van der Waals surface area contributed by atoms with E-state index in [9.17, 15) is 9.59 Å². The molecule has 0 aromatic carbocycles. The molecule has 0 radical (unpaired) electrons. The molecule has 1 unspecified atom stereocenters. The average Bonchev–Trinajstić information content (AvgIpc) is 2.88. The molecule has 1 saturated carbocycles. The standard InChI is InChI=1S/C16H28O4/c1-4-5-10-19-15(17)14(16(18)20-12(2)3)11-13-8-6-7-9-13/h12-14H,4-11H2,1-3H3. The van der Waals surface area contributed by atoms with Crippen LogP contribution in [0.15, 0.2) is 0 Å². The quantitative estimate of drug-likeness (QED) is 0.389. The van der Waals surface area contributed by atoms with Gasteiger partial charge in [-0.3, -0.25) is 9.59 Å². The van der Waals surface area contributed by atoms with Crippen molar-refractivity contribution in [2.24, 2.45) is 11.8 Å². The van der Waals surface area contributed by atoms with E-state index in [1.54, 1.807) is 13.8 Å². The van der Waals surface area contributed by atoms with Gasteiger partial charge in [0, 0.05) is 0 Å². The van der Waals surface area contributed by atoms with E-state index < -0.39 is 17.9 Å². The molecule has 0 amide bonds. The van der Waals surface area contributed by atoms with Crippen molar-refractivity contribution in [3.05, 3.63) is 0 Å². The Morgan fingerprint density at radius 1 is 1.15 bits per heavy atom. The first-order valence-corrected chi connectivity index (χ1v) is 7.91. The highest BCUT2D eigenvalue weighted by atomic mass is 16.6. The lowest BCUT2D eigenvalue weighted by Gasteiger charge is -2.19. The minimum absolute atomic E-state index is 0.197. The van der Waals surface area contributed by atoms with E-state index in [0.717, 1.165) is 25.7 Å².